The Balaban J connectivity index is 2.00. The Morgan fingerprint density at radius 3 is 2.38 bits per heavy atom. The van der Waals surface area contributed by atoms with E-state index in [9.17, 15) is 0 Å². The van der Waals surface area contributed by atoms with Crippen LogP contribution in [0.1, 0.15) is 0 Å². The van der Waals surface area contributed by atoms with E-state index in [0.717, 1.165) is 16.8 Å². The maximum atomic E-state index is 5.94. The topological polar surface area (TPSA) is 50.9 Å². The number of nitrogens with zero attached hydrogens (tertiary/aromatic N) is 1. The molecular weight excluding hydrogens is 282 g/mol. The standard InChI is InChI=1S/C17H14ClN3/c18-16-10-13(19)11-17(21-16)20-15-9-5-4-8-14(15)12-6-2-1-3-7-12/h1-11H,(H3,19,20,21). The zero-order valence-corrected chi connectivity index (χ0v) is 12.0. The van der Waals surface area contributed by atoms with E-state index in [2.05, 4.69) is 28.5 Å². The minimum Gasteiger partial charge on any atom is -0.399 e. The van der Waals surface area contributed by atoms with Gasteiger partial charge in [0.15, 0.2) is 0 Å². The van der Waals surface area contributed by atoms with Gasteiger partial charge in [0.1, 0.15) is 11.0 Å². The number of para-hydroxylation sites is 1. The molecule has 3 aromatic rings. The van der Waals surface area contributed by atoms with Gasteiger partial charge in [0.05, 0.1) is 0 Å². The number of anilines is 3. The normalized spacial score (nSPS) is 10.3. The first-order chi connectivity index (χ1) is 10.2. The Morgan fingerprint density at radius 1 is 0.905 bits per heavy atom. The number of hydrogen-bond acceptors (Lipinski definition) is 3. The quantitative estimate of drug-likeness (QED) is 0.687. The van der Waals surface area contributed by atoms with Crippen LogP contribution in [0.25, 0.3) is 11.1 Å². The highest BCUT2D eigenvalue weighted by atomic mass is 35.5. The molecule has 0 radical (unpaired) electrons. The van der Waals surface area contributed by atoms with E-state index in [1.54, 1.807) is 12.1 Å². The molecule has 0 spiro atoms. The van der Waals surface area contributed by atoms with Crippen LogP contribution in [-0.2, 0) is 0 Å². The SMILES string of the molecule is Nc1cc(Cl)nc(Nc2ccccc2-c2ccccc2)c1. The number of benzene rings is 2. The van der Waals surface area contributed by atoms with Gasteiger partial charge in [-0.05, 0) is 17.7 Å². The molecule has 0 saturated heterocycles. The summed E-state index contributed by atoms with van der Waals surface area (Å²) in [5.74, 6) is 0.628. The van der Waals surface area contributed by atoms with E-state index >= 15 is 0 Å². The minimum atomic E-state index is 0.370. The lowest BCUT2D eigenvalue weighted by Crippen LogP contribution is -1.97. The van der Waals surface area contributed by atoms with Crippen LogP contribution in [0.3, 0.4) is 0 Å². The molecule has 0 aliphatic rings. The Morgan fingerprint density at radius 2 is 1.62 bits per heavy atom. The summed E-state index contributed by atoms with van der Waals surface area (Å²) < 4.78 is 0. The van der Waals surface area contributed by atoms with Crippen molar-refractivity contribution in [2.24, 2.45) is 0 Å². The molecule has 0 bridgehead atoms. The molecule has 0 atom stereocenters. The number of nitrogens with one attached hydrogen (secondary N) is 1. The number of nitrogen functional groups attached to an aromatic ring is 1. The first-order valence-corrected chi connectivity index (χ1v) is 6.95. The van der Waals surface area contributed by atoms with Gasteiger partial charge in [0.25, 0.3) is 0 Å². The first-order valence-electron chi connectivity index (χ1n) is 6.57. The van der Waals surface area contributed by atoms with Crippen molar-refractivity contribution < 1.29 is 0 Å². The molecule has 1 aromatic heterocycles. The van der Waals surface area contributed by atoms with Crippen molar-refractivity contribution in [1.29, 1.82) is 0 Å². The van der Waals surface area contributed by atoms with Gasteiger partial charge < -0.3 is 11.1 Å². The van der Waals surface area contributed by atoms with Crippen LogP contribution in [0.5, 0.6) is 0 Å². The number of halogens is 1. The monoisotopic (exact) mass is 295 g/mol. The third kappa shape index (κ3) is 3.15. The van der Waals surface area contributed by atoms with Crippen molar-refractivity contribution in [3.05, 3.63) is 71.9 Å². The summed E-state index contributed by atoms with van der Waals surface area (Å²) in [6, 6.07) is 21.6. The predicted molar refractivity (Wildman–Crippen MR) is 88.8 cm³/mol. The molecule has 3 nitrogen and oxygen atoms in total. The average molecular weight is 296 g/mol. The molecule has 3 rings (SSSR count). The molecule has 0 amide bonds. The maximum absolute atomic E-state index is 5.94. The fraction of sp³-hybridized carbons (Fsp3) is 0. The van der Waals surface area contributed by atoms with Crippen molar-refractivity contribution in [3.8, 4) is 11.1 Å². The highest BCUT2D eigenvalue weighted by Gasteiger charge is 2.06. The van der Waals surface area contributed by atoms with E-state index in [4.69, 9.17) is 17.3 Å². The molecule has 0 aliphatic carbocycles. The molecule has 3 N–H and O–H groups in total. The highest BCUT2D eigenvalue weighted by molar-refractivity contribution is 6.29. The summed E-state index contributed by atoms with van der Waals surface area (Å²) >= 11 is 5.94. The second-order valence-electron chi connectivity index (χ2n) is 4.65. The van der Waals surface area contributed by atoms with Crippen molar-refractivity contribution in [2.75, 3.05) is 11.1 Å². The second-order valence-corrected chi connectivity index (χ2v) is 5.03. The fourth-order valence-corrected chi connectivity index (χ4v) is 2.40. The molecule has 2 aromatic carbocycles. The molecule has 0 unspecified atom stereocenters. The fourth-order valence-electron chi connectivity index (χ4n) is 2.18. The highest BCUT2D eigenvalue weighted by Crippen LogP contribution is 2.30. The molecule has 0 saturated carbocycles. The number of rotatable bonds is 3. The van der Waals surface area contributed by atoms with Crippen LogP contribution >= 0.6 is 11.6 Å². The van der Waals surface area contributed by atoms with E-state index in [-0.39, 0.29) is 0 Å². The Labute approximate surface area is 128 Å². The summed E-state index contributed by atoms with van der Waals surface area (Å²) in [7, 11) is 0. The largest absolute Gasteiger partial charge is 0.399 e. The number of hydrogen-bond donors (Lipinski definition) is 2. The molecule has 0 fully saturated rings. The van der Waals surface area contributed by atoms with Gasteiger partial charge in [0, 0.05) is 23.0 Å². The van der Waals surface area contributed by atoms with Gasteiger partial charge in [-0.25, -0.2) is 4.98 Å². The second kappa shape index (κ2) is 5.85. The Bertz CT molecular complexity index is 737. The van der Waals surface area contributed by atoms with E-state index in [1.807, 2.05) is 36.4 Å². The lowest BCUT2D eigenvalue weighted by Gasteiger charge is -2.12. The van der Waals surface area contributed by atoms with Gasteiger partial charge in [0.2, 0.25) is 0 Å². The third-order valence-corrected chi connectivity index (χ3v) is 3.28. The van der Waals surface area contributed by atoms with Gasteiger partial charge in [-0.1, -0.05) is 60.1 Å². The molecule has 1 heterocycles. The van der Waals surface area contributed by atoms with Crippen molar-refractivity contribution in [2.45, 2.75) is 0 Å². The van der Waals surface area contributed by atoms with Gasteiger partial charge in [-0.3, -0.25) is 0 Å². The van der Waals surface area contributed by atoms with E-state index in [1.165, 1.54) is 0 Å². The number of pyridine rings is 1. The molecule has 104 valence electrons. The lowest BCUT2D eigenvalue weighted by molar-refractivity contribution is 1.31. The van der Waals surface area contributed by atoms with Crippen LogP contribution in [0.2, 0.25) is 5.15 Å². The van der Waals surface area contributed by atoms with Crippen molar-refractivity contribution in [3.63, 3.8) is 0 Å². The molecule has 21 heavy (non-hydrogen) atoms. The summed E-state index contributed by atoms with van der Waals surface area (Å²) in [5.41, 5.74) is 9.56. The van der Waals surface area contributed by atoms with Gasteiger partial charge >= 0.3 is 0 Å². The Kier molecular flexibility index (Phi) is 3.75. The zero-order chi connectivity index (χ0) is 14.7. The summed E-state index contributed by atoms with van der Waals surface area (Å²) in [4.78, 5) is 4.24. The van der Waals surface area contributed by atoms with Crippen LogP contribution < -0.4 is 11.1 Å². The zero-order valence-electron chi connectivity index (χ0n) is 11.3. The maximum Gasteiger partial charge on any atom is 0.134 e. The minimum absolute atomic E-state index is 0.370. The molecule has 0 aliphatic heterocycles. The van der Waals surface area contributed by atoms with Crippen LogP contribution in [-0.4, -0.2) is 4.98 Å². The first kappa shape index (κ1) is 13.5. The number of nitrogens with two attached hydrogens (primary N) is 1. The van der Waals surface area contributed by atoms with Crippen LogP contribution in [0, 0.1) is 0 Å². The van der Waals surface area contributed by atoms with E-state index < -0.39 is 0 Å². The molecule has 4 heteroatoms. The predicted octanol–water partition coefficient (Wildman–Crippen LogP) is 4.73. The average Bonchev–Trinajstić information content (AvgIpc) is 2.48. The third-order valence-electron chi connectivity index (χ3n) is 3.09. The summed E-state index contributed by atoms with van der Waals surface area (Å²) in [6.45, 7) is 0. The molecular formula is C17H14ClN3. The van der Waals surface area contributed by atoms with Crippen molar-refractivity contribution >= 4 is 28.8 Å². The van der Waals surface area contributed by atoms with Crippen LogP contribution in [0.15, 0.2) is 66.7 Å². The van der Waals surface area contributed by atoms with E-state index in [0.29, 0.717) is 16.7 Å². The number of aromatic nitrogens is 1. The van der Waals surface area contributed by atoms with Gasteiger partial charge in [-0.2, -0.15) is 0 Å². The Hall–Kier alpha value is -2.52. The summed E-state index contributed by atoms with van der Waals surface area (Å²) in [5, 5.41) is 3.65. The van der Waals surface area contributed by atoms with Crippen molar-refractivity contribution in [1.82, 2.24) is 4.98 Å². The summed E-state index contributed by atoms with van der Waals surface area (Å²) in [6.07, 6.45) is 0. The lowest BCUT2D eigenvalue weighted by atomic mass is 10.0. The van der Waals surface area contributed by atoms with Gasteiger partial charge in [-0.15, -0.1) is 0 Å². The van der Waals surface area contributed by atoms with Crippen LogP contribution in [0.4, 0.5) is 17.2 Å². The smallest absolute Gasteiger partial charge is 0.134 e.